The number of ether oxygens (including phenoxy) is 1. The van der Waals surface area contributed by atoms with Gasteiger partial charge in [0.2, 0.25) is 0 Å². The molecule has 0 saturated heterocycles. The van der Waals surface area contributed by atoms with Crippen LogP contribution in [0.1, 0.15) is 16.9 Å². The summed E-state index contributed by atoms with van der Waals surface area (Å²) < 4.78 is 4.53. The van der Waals surface area contributed by atoms with E-state index in [-0.39, 0.29) is 30.1 Å². The van der Waals surface area contributed by atoms with E-state index in [2.05, 4.69) is 14.9 Å². The molecule has 2 aromatic rings. The Morgan fingerprint density at radius 2 is 1.95 bits per heavy atom. The second kappa shape index (κ2) is 6.17. The van der Waals surface area contributed by atoms with Crippen molar-refractivity contribution in [2.75, 3.05) is 20.7 Å². The molecule has 0 bridgehead atoms. The van der Waals surface area contributed by atoms with Crippen molar-refractivity contribution in [3.8, 4) is 0 Å². The molecule has 2 rings (SSSR count). The summed E-state index contributed by atoms with van der Waals surface area (Å²) in [5.41, 5.74) is -0.197. The van der Waals surface area contributed by atoms with E-state index in [4.69, 9.17) is 0 Å². The lowest BCUT2D eigenvalue weighted by Gasteiger charge is -2.16. The Balaban J connectivity index is 2.29. The lowest BCUT2D eigenvalue weighted by molar-refractivity contribution is -0.140. The van der Waals surface area contributed by atoms with Gasteiger partial charge in [0.15, 0.2) is 5.69 Å². The SMILES string of the molecule is COC(=O)CCN(C)C(=O)c1n[nH]c(=O)c2ccccc12. The fourth-order valence-corrected chi connectivity index (χ4v) is 1.92. The summed E-state index contributed by atoms with van der Waals surface area (Å²) in [4.78, 5) is 36.5. The molecule has 0 fully saturated rings. The molecule has 0 unspecified atom stereocenters. The number of aromatic amines is 1. The van der Waals surface area contributed by atoms with Gasteiger partial charge in [-0.15, -0.1) is 0 Å². The Morgan fingerprint density at radius 3 is 2.62 bits per heavy atom. The first-order chi connectivity index (χ1) is 10.0. The summed E-state index contributed by atoms with van der Waals surface area (Å²) in [6, 6.07) is 6.74. The largest absolute Gasteiger partial charge is 0.469 e. The van der Waals surface area contributed by atoms with Crippen molar-refractivity contribution in [2.45, 2.75) is 6.42 Å². The van der Waals surface area contributed by atoms with Crippen molar-refractivity contribution in [3.05, 3.63) is 40.3 Å². The maximum absolute atomic E-state index is 12.4. The predicted octanol–water partition coefficient (Wildman–Crippen LogP) is 0.558. The van der Waals surface area contributed by atoms with Crippen LogP contribution in [0.3, 0.4) is 0 Å². The number of nitrogens with one attached hydrogen (secondary N) is 1. The summed E-state index contributed by atoms with van der Waals surface area (Å²) in [6.07, 6.45) is 0.0972. The van der Waals surface area contributed by atoms with Gasteiger partial charge < -0.3 is 9.64 Å². The Morgan fingerprint density at radius 1 is 1.29 bits per heavy atom. The van der Waals surface area contributed by atoms with Crippen molar-refractivity contribution >= 4 is 22.6 Å². The molecule has 0 saturated carbocycles. The molecule has 0 aliphatic carbocycles. The number of fused-ring (bicyclic) bond motifs is 1. The van der Waals surface area contributed by atoms with E-state index in [9.17, 15) is 14.4 Å². The number of carbonyl (C=O) groups excluding carboxylic acids is 2. The molecule has 0 spiro atoms. The standard InChI is InChI=1S/C14H15N3O4/c1-17(8-7-11(18)21-2)14(20)12-9-5-3-4-6-10(9)13(19)16-15-12/h3-6H,7-8H2,1-2H3,(H,16,19). The molecule has 7 heteroatoms. The highest BCUT2D eigenvalue weighted by molar-refractivity contribution is 6.04. The fraction of sp³-hybridized carbons (Fsp3) is 0.286. The summed E-state index contributed by atoms with van der Waals surface area (Å²) in [5.74, 6) is -0.764. The minimum atomic E-state index is -0.395. The highest BCUT2D eigenvalue weighted by atomic mass is 16.5. The highest BCUT2D eigenvalue weighted by Gasteiger charge is 2.18. The number of carbonyl (C=O) groups is 2. The van der Waals surface area contributed by atoms with Gasteiger partial charge in [-0.2, -0.15) is 5.10 Å². The fourth-order valence-electron chi connectivity index (χ4n) is 1.92. The van der Waals surface area contributed by atoms with Crippen molar-refractivity contribution in [1.29, 1.82) is 0 Å². The van der Waals surface area contributed by atoms with Crippen LogP contribution >= 0.6 is 0 Å². The zero-order valence-electron chi connectivity index (χ0n) is 11.8. The zero-order valence-corrected chi connectivity index (χ0v) is 11.8. The van der Waals surface area contributed by atoms with E-state index in [1.165, 1.54) is 12.0 Å². The van der Waals surface area contributed by atoms with Crippen LogP contribution in [0.15, 0.2) is 29.1 Å². The summed E-state index contributed by atoms with van der Waals surface area (Å²) in [6.45, 7) is 0.209. The lowest BCUT2D eigenvalue weighted by Crippen LogP contribution is -2.31. The first kappa shape index (κ1) is 14.7. The molecule has 0 aliphatic heterocycles. The zero-order chi connectivity index (χ0) is 15.4. The molecular formula is C14H15N3O4. The lowest BCUT2D eigenvalue weighted by atomic mass is 10.1. The minimum absolute atomic E-state index is 0.0972. The smallest absolute Gasteiger partial charge is 0.307 e. The number of aromatic nitrogens is 2. The van der Waals surface area contributed by atoms with Gasteiger partial charge in [-0.05, 0) is 6.07 Å². The number of H-pyrrole nitrogens is 1. The summed E-state index contributed by atoms with van der Waals surface area (Å²) in [7, 11) is 2.86. The third kappa shape index (κ3) is 3.07. The number of esters is 1. The van der Waals surface area contributed by atoms with Crippen LogP contribution in [0, 0.1) is 0 Å². The topological polar surface area (TPSA) is 92.4 Å². The minimum Gasteiger partial charge on any atom is -0.469 e. The van der Waals surface area contributed by atoms with E-state index in [0.717, 1.165) is 0 Å². The molecule has 1 N–H and O–H groups in total. The Labute approximate surface area is 120 Å². The molecule has 1 aromatic heterocycles. The van der Waals surface area contributed by atoms with Crippen LogP contribution in [-0.2, 0) is 9.53 Å². The van der Waals surface area contributed by atoms with E-state index >= 15 is 0 Å². The van der Waals surface area contributed by atoms with Crippen LogP contribution in [0.5, 0.6) is 0 Å². The molecule has 0 radical (unpaired) electrons. The van der Waals surface area contributed by atoms with Crippen LogP contribution in [-0.4, -0.2) is 47.7 Å². The van der Waals surface area contributed by atoms with Gasteiger partial charge in [-0.1, -0.05) is 18.2 Å². The van der Waals surface area contributed by atoms with E-state index in [0.29, 0.717) is 10.8 Å². The molecule has 110 valence electrons. The number of hydrogen-bond acceptors (Lipinski definition) is 5. The number of hydrogen-bond donors (Lipinski definition) is 1. The van der Waals surface area contributed by atoms with Crippen LogP contribution < -0.4 is 5.56 Å². The van der Waals surface area contributed by atoms with Gasteiger partial charge >= 0.3 is 5.97 Å². The van der Waals surface area contributed by atoms with Crippen LogP contribution in [0.25, 0.3) is 10.8 Å². The van der Waals surface area contributed by atoms with E-state index < -0.39 is 5.97 Å². The van der Waals surface area contributed by atoms with Gasteiger partial charge in [-0.3, -0.25) is 14.4 Å². The third-order valence-corrected chi connectivity index (χ3v) is 3.12. The first-order valence-corrected chi connectivity index (χ1v) is 6.34. The van der Waals surface area contributed by atoms with Gasteiger partial charge in [0, 0.05) is 19.0 Å². The average molecular weight is 289 g/mol. The quantitative estimate of drug-likeness (QED) is 0.830. The Kier molecular flexibility index (Phi) is 4.32. The molecule has 7 nitrogen and oxygen atoms in total. The molecule has 1 amide bonds. The molecule has 1 heterocycles. The van der Waals surface area contributed by atoms with Crippen LogP contribution in [0.2, 0.25) is 0 Å². The number of amides is 1. The molecule has 0 atom stereocenters. The number of rotatable bonds is 4. The van der Waals surface area contributed by atoms with Gasteiger partial charge in [-0.25, -0.2) is 5.10 Å². The van der Waals surface area contributed by atoms with E-state index in [1.807, 2.05) is 0 Å². The maximum Gasteiger partial charge on any atom is 0.307 e. The average Bonchev–Trinajstić information content (AvgIpc) is 2.52. The molecule has 1 aromatic carbocycles. The monoisotopic (exact) mass is 289 g/mol. The number of methoxy groups -OCH3 is 1. The summed E-state index contributed by atoms with van der Waals surface area (Å²) >= 11 is 0. The van der Waals surface area contributed by atoms with Gasteiger partial charge in [0.25, 0.3) is 11.5 Å². The van der Waals surface area contributed by atoms with Gasteiger partial charge in [0.1, 0.15) is 0 Å². The third-order valence-electron chi connectivity index (χ3n) is 3.12. The van der Waals surface area contributed by atoms with Crippen molar-refractivity contribution in [2.24, 2.45) is 0 Å². The van der Waals surface area contributed by atoms with Gasteiger partial charge in [0.05, 0.1) is 18.9 Å². The second-order valence-corrected chi connectivity index (χ2v) is 4.50. The van der Waals surface area contributed by atoms with Crippen molar-refractivity contribution < 1.29 is 14.3 Å². The van der Waals surface area contributed by atoms with E-state index in [1.54, 1.807) is 31.3 Å². The highest BCUT2D eigenvalue weighted by Crippen LogP contribution is 2.14. The molecular weight excluding hydrogens is 274 g/mol. The number of nitrogens with zero attached hydrogens (tertiary/aromatic N) is 2. The van der Waals surface area contributed by atoms with Crippen molar-refractivity contribution in [3.63, 3.8) is 0 Å². The Hall–Kier alpha value is -2.70. The van der Waals surface area contributed by atoms with Crippen molar-refractivity contribution in [1.82, 2.24) is 15.1 Å². The molecule has 0 aliphatic rings. The summed E-state index contributed by atoms with van der Waals surface area (Å²) in [5, 5.41) is 7.02. The number of benzene rings is 1. The first-order valence-electron chi connectivity index (χ1n) is 6.34. The van der Waals surface area contributed by atoms with Crippen LogP contribution in [0.4, 0.5) is 0 Å². The Bertz CT molecular complexity index is 738. The normalized spacial score (nSPS) is 10.4. The maximum atomic E-state index is 12.4. The molecule has 21 heavy (non-hydrogen) atoms. The predicted molar refractivity (Wildman–Crippen MR) is 76.0 cm³/mol. The second-order valence-electron chi connectivity index (χ2n) is 4.50.